The molecule has 0 bridgehead atoms. The van der Waals surface area contributed by atoms with Crippen LogP contribution >= 0.6 is 11.6 Å². The van der Waals surface area contributed by atoms with Crippen LogP contribution in [-0.4, -0.2) is 29.3 Å². The Balaban J connectivity index is 1.97. The van der Waals surface area contributed by atoms with E-state index in [0.29, 0.717) is 24.5 Å². The van der Waals surface area contributed by atoms with Gasteiger partial charge in [0, 0.05) is 24.5 Å². The van der Waals surface area contributed by atoms with Crippen LogP contribution in [0.15, 0.2) is 78.9 Å². The van der Waals surface area contributed by atoms with Crippen molar-refractivity contribution < 1.29 is 9.59 Å². The number of nitrogens with one attached hydrogen (secondary N) is 1. The van der Waals surface area contributed by atoms with Crippen molar-refractivity contribution in [1.29, 1.82) is 0 Å². The summed E-state index contributed by atoms with van der Waals surface area (Å²) in [5.74, 6) is -0.257. The SMILES string of the molecule is CCNC(=O)[C@H](Cc1ccccc1)N(Cc1ccccc1C)C(=O)Cc1cccc(Cl)c1. The highest BCUT2D eigenvalue weighted by Gasteiger charge is 2.30. The number of carbonyl (C=O) groups excluding carboxylic acids is 2. The molecule has 0 aliphatic carbocycles. The molecule has 3 aromatic carbocycles. The fourth-order valence-electron chi connectivity index (χ4n) is 3.74. The van der Waals surface area contributed by atoms with Gasteiger partial charge in [0.2, 0.25) is 11.8 Å². The Kier molecular flexibility index (Phi) is 8.46. The molecular weight excluding hydrogens is 420 g/mol. The Morgan fingerprint density at radius 3 is 2.31 bits per heavy atom. The maximum Gasteiger partial charge on any atom is 0.243 e. The lowest BCUT2D eigenvalue weighted by Gasteiger charge is -2.32. The van der Waals surface area contributed by atoms with Crippen LogP contribution in [0.2, 0.25) is 5.02 Å². The third kappa shape index (κ3) is 6.44. The fraction of sp³-hybridized carbons (Fsp3) is 0.259. The minimum Gasteiger partial charge on any atom is -0.355 e. The van der Waals surface area contributed by atoms with Gasteiger partial charge in [-0.3, -0.25) is 9.59 Å². The first-order chi connectivity index (χ1) is 15.5. The molecule has 1 atom stereocenters. The van der Waals surface area contributed by atoms with Crippen molar-refractivity contribution in [3.63, 3.8) is 0 Å². The summed E-state index contributed by atoms with van der Waals surface area (Å²) in [6.07, 6.45) is 0.622. The number of halogens is 1. The molecule has 0 spiro atoms. The minimum absolute atomic E-state index is 0.109. The van der Waals surface area contributed by atoms with Crippen LogP contribution in [0.25, 0.3) is 0 Å². The molecule has 0 radical (unpaired) electrons. The Labute approximate surface area is 195 Å². The molecule has 0 saturated heterocycles. The predicted octanol–water partition coefficient (Wildman–Crippen LogP) is 4.97. The van der Waals surface area contributed by atoms with E-state index in [1.165, 1.54) is 0 Å². The molecule has 2 amide bonds. The highest BCUT2D eigenvalue weighted by atomic mass is 35.5. The maximum absolute atomic E-state index is 13.6. The lowest BCUT2D eigenvalue weighted by molar-refractivity contribution is -0.140. The van der Waals surface area contributed by atoms with Gasteiger partial charge in [0.15, 0.2) is 0 Å². The number of amides is 2. The van der Waals surface area contributed by atoms with Gasteiger partial charge in [0.25, 0.3) is 0 Å². The molecule has 1 N–H and O–H groups in total. The van der Waals surface area contributed by atoms with E-state index < -0.39 is 6.04 Å². The third-order valence-electron chi connectivity index (χ3n) is 5.47. The first-order valence-electron chi connectivity index (χ1n) is 10.9. The molecule has 0 unspecified atom stereocenters. The topological polar surface area (TPSA) is 49.4 Å². The van der Waals surface area contributed by atoms with E-state index in [9.17, 15) is 9.59 Å². The molecule has 0 heterocycles. The molecular formula is C27H29ClN2O2. The monoisotopic (exact) mass is 448 g/mol. The summed E-state index contributed by atoms with van der Waals surface area (Å²) in [4.78, 5) is 28.4. The van der Waals surface area contributed by atoms with Crippen LogP contribution in [0, 0.1) is 6.92 Å². The van der Waals surface area contributed by atoms with Gasteiger partial charge in [0.05, 0.1) is 6.42 Å². The van der Waals surface area contributed by atoms with E-state index in [1.54, 1.807) is 17.0 Å². The van der Waals surface area contributed by atoms with Crippen LogP contribution in [0.5, 0.6) is 0 Å². The Morgan fingerprint density at radius 2 is 1.62 bits per heavy atom. The van der Waals surface area contributed by atoms with E-state index in [1.807, 2.05) is 80.6 Å². The van der Waals surface area contributed by atoms with E-state index in [2.05, 4.69) is 5.32 Å². The predicted molar refractivity (Wildman–Crippen MR) is 130 cm³/mol. The van der Waals surface area contributed by atoms with Gasteiger partial charge >= 0.3 is 0 Å². The van der Waals surface area contributed by atoms with Crippen molar-refractivity contribution >= 4 is 23.4 Å². The zero-order valence-corrected chi connectivity index (χ0v) is 19.3. The summed E-state index contributed by atoms with van der Waals surface area (Å²) in [6, 6.07) is 24.4. The van der Waals surface area contributed by atoms with Gasteiger partial charge in [-0.15, -0.1) is 0 Å². The number of hydrogen-bond donors (Lipinski definition) is 1. The number of carbonyl (C=O) groups is 2. The van der Waals surface area contributed by atoms with E-state index >= 15 is 0 Å². The number of benzene rings is 3. The average molecular weight is 449 g/mol. The lowest BCUT2D eigenvalue weighted by Crippen LogP contribution is -2.51. The summed E-state index contributed by atoms with van der Waals surface area (Å²) in [7, 11) is 0. The van der Waals surface area contributed by atoms with Crippen molar-refractivity contribution in [3.8, 4) is 0 Å². The molecule has 0 fully saturated rings. The van der Waals surface area contributed by atoms with Crippen molar-refractivity contribution in [2.45, 2.75) is 39.3 Å². The smallest absolute Gasteiger partial charge is 0.243 e. The number of hydrogen-bond acceptors (Lipinski definition) is 2. The molecule has 0 saturated carbocycles. The van der Waals surface area contributed by atoms with Crippen molar-refractivity contribution in [2.24, 2.45) is 0 Å². The van der Waals surface area contributed by atoms with Gasteiger partial charge in [-0.2, -0.15) is 0 Å². The minimum atomic E-state index is -0.622. The van der Waals surface area contributed by atoms with E-state index in [-0.39, 0.29) is 18.2 Å². The largest absolute Gasteiger partial charge is 0.355 e. The highest BCUT2D eigenvalue weighted by molar-refractivity contribution is 6.30. The molecule has 0 aliphatic rings. The van der Waals surface area contributed by atoms with E-state index in [4.69, 9.17) is 11.6 Å². The normalized spacial score (nSPS) is 11.6. The van der Waals surface area contributed by atoms with Gasteiger partial charge in [-0.25, -0.2) is 0 Å². The third-order valence-corrected chi connectivity index (χ3v) is 5.70. The second kappa shape index (κ2) is 11.5. The van der Waals surface area contributed by atoms with Crippen LogP contribution < -0.4 is 5.32 Å². The average Bonchev–Trinajstić information content (AvgIpc) is 2.78. The Morgan fingerprint density at radius 1 is 0.938 bits per heavy atom. The number of likely N-dealkylation sites (N-methyl/N-ethyl adjacent to an activating group) is 1. The zero-order valence-electron chi connectivity index (χ0n) is 18.6. The van der Waals surface area contributed by atoms with Crippen LogP contribution in [0.4, 0.5) is 0 Å². The quantitative estimate of drug-likeness (QED) is 0.502. The van der Waals surface area contributed by atoms with Crippen molar-refractivity contribution in [2.75, 3.05) is 6.54 Å². The molecule has 32 heavy (non-hydrogen) atoms. The second-order valence-corrected chi connectivity index (χ2v) is 8.29. The van der Waals surface area contributed by atoms with Crippen molar-refractivity contribution in [1.82, 2.24) is 10.2 Å². The molecule has 3 aromatic rings. The molecule has 4 nitrogen and oxygen atoms in total. The summed E-state index contributed by atoms with van der Waals surface area (Å²) in [6.45, 7) is 4.77. The van der Waals surface area contributed by atoms with Gasteiger partial charge < -0.3 is 10.2 Å². The Hall–Kier alpha value is -3.11. The fourth-order valence-corrected chi connectivity index (χ4v) is 3.95. The standard InChI is InChI=1S/C27H29ClN2O2/c1-3-29-27(32)25(17-21-11-5-4-6-12-21)30(19-23-14-8-7-10-20(23)2)26(31)18-22-13-9-15-24(28)16-22/h4-16,25H,3,17-19H2,1-2H3,(H,29,32)/t25-/m0/s1. The summed E-state index contributed by atoms with van der Waals surface area (Å²) in [5, 5.41) is 3.51. The van der Waals surface area contributed by atoms with Crippen molar-refractivity contribution in [3.05, 3.63) is 106 Å². The summed E-state index contributed by atoms with van der Waals surface area (Å²) in [5.41, 5.74) is 3.94. The lowest BCUT2D eigenvalue weighted by atomic mass is 10.0. The summed E-state index contributed by atoms with van der Waals surface area (Å²) >= 11 is 6.13. The van der Waals surface area contributed by atoms with Gasteiger partial charge in [0.1, 0.15) is 6.04 Å². The highest BCUT2D eigenvalue weighted by Crippen LogP contribution is 2.19. The van der Waals surface area contributed by atoms with Crippen LogP contribution in [0.1, 0.15) is 29.2 Å². The van der Waals surface area contributed by atoms with E-state index in [0.717, 1.165) is 22.3 Å². The summed E-state index contributed by atoms with van der Waals surface area (Å²) < 4.78 is 0. The van der Waals surface area contributed by atoms with Gasteiger partial charge in [-0.05, 0) is 48.2 Å². The molecule has 0 aliphatic heterocycles. The molecule has 166 valence electrons. The molecule has 5 heteroatoms. The van der Waals surface area contributed by atoms with Gasteiger partial charge in [-0.1, -0.05) is 78.3 Å². The van der Waals surface area contributed by atoms with Crippen LogP contribution in [0.3, 0.4) is 0 Å². The number of rotatable bonds is 9. The number of aryl methyl sites for hydroxylation is 1. The maximum atomic E-state index is 13.6. The number of nitrogens with zero attached hydrogens (tertiary/aromatic N) is 1. The Bertz CT molecular complexity index is 1050. The molecule has 3 rings (SSSR count). The molecule has 0 aromatic heterocycles. The first-order valence-corrected chi connectivity index (χ1v) is 11.3. The zero-order chi connectivity index (χ0) is 22.9. The van der Waals surface area contributed by atoms with Crippen LogP contribution in [-0.2, 0) is 29.0 Å². The first kappa shape index (κ1) is 23.6. The second-order valence-electron chi connectivity index (χ2n) is 7.85.